The van der Waals surface area contributed by atoms with Crippen LogP contribution in [0.2, 0.25) is 0 Å². The molecule has 188 valence electrons. The van der Waals surface area contributed by atoms with E-state index in [1.807, 2.05) is 6.26 Å². The molecular weight excluding hydrogens is 470 g/mol. The first-order valence-electron chi connectivity index (χ1n) is 10.7. The number of aliphatic imine (C=N–C) groups is 1. The second-order valence-corrected chi connectivity index (χ2v) is 8.93. The highest BCUT2D eigenvalue weighted by molar-refractivity contribution is 7.98. The molecule has 33 heavy (non-hydrogen) atoms. The fraction of sp³-hybridized carbons (Fsp3) is 0.737. The van der Waals surface area contributed by atoms with Gasteiger partial charge in [-0.2, -0.15) is 24.4 Å². The number of carboxylic acids is 1. The largest absolute Gasteiger partial charge is 0.480 e. The van der Waals surface area contributed by atoms with E-state index < -0.39 is 35.9 Å². The van der Waals surface area contributed by atoms with Crippen molar-refractivity contribution in [3.63, 3.8) is 0 Å². The zero-order valence-electron chi connectivity index (χ0n) is 18.7. The van der Waals surface area contributed by atoms with E-state index in [2.05, 4.69) is 38.9 Å². The Hall–Kier alpha value is -2.19. The first-order chi connectivity index (χ1) is 15.7. The average molecular weight is 506 g/mol. The molecule has 12 nitrogen and oxygen atoms in total. The van der Waals surface area contributed by atoms with E-state index in [-0.39, 0.29) is 43.0 Å². The molecule has 1 fully saturated rings. The van der Waals surface area contributed by atoms with Crippen molar-refractivity contribution >= 4 is 54.0 Å². The highest BCUT2D eigenvalue weighted by atomic mass is 32.2. The molecule has 4 unspecified atom stereocenters. The lowest BCUT2D eigenvalue weighted by Gasteiger charge is -2.24. The summed E-state index contributed by atoms with van der Waals surface area (Å²) in [7, 11) is 0. The molecular formula is C19H35N7O5S2. The molecule has 0 saturated carbocycles. The number of thioether (sulfide) groups is 1. The van der Waals surface area contributed by atoms with Gasteiger partial charge in [-0.25, -0.2) is 4.79 Å². The molecule has 0 aliphatic carbocycles. The van der Waals surface area contributed by atoms with Gasteiger partial charge in [0.2, 0.25) is 17.7 Å². The predicted octanol–water partition coefficient (Wildman–Crippen LogP) is -1.99. The first-order valence-corrected chi connectivity index (χ1v) is 12.7. The third kappa shape index (κ3) is 11.0. The molecule has 0 spiro atoms. The highest BCUT2D eigenvalue weighted by Crippen LogP contribution is 2.08. The summed E-state index contributed by atoms with van der Waals surface area (Å²) in [6, 6.07) is -3.45. The van der Waals surface area contributed by atoms with Crippen LogP contribution in [0, 0.1) is 0 Å². The number of nitrogens with zero attached hydrogens (tertiary/aromatic N) is 1. The summed E-state index contributed by atoms with van der Waals surface area (Å²) in [5, 5.41) is 20.1. The topological polar surface area (TPSA) is 201 Å². The van der Waals surface area contributed by atoms with Crippen LogP contribution in [0.4, 0.5) is 0 Å². The number of hydrogen-bond acceptors (Lipinski definition) is 8. The number of aliphatic carboxylic acids is 1. The summed E-state index contributed by atoms with van der Waals surface area (Å²) in [6.07, 6.45) is 4.27. The van der Waals surface area contributed by atoms with Gasteiger partial charge in [0, 0.05) is 12.3 Å². The second-order valence-electron chi connectivity index (χ2n) is 7.58. The minimum Gasteiger partial charge on any atom is -0.480 e. The monoisotopic (exact) mass is 505 g/mol. The highest BCUT2D eigenvalue weighted by Gasteiger charge is 2.30. The van der Waals surface area contributed by atoms with Gasteiger partial charge in [-0.3, -0.25) is 19.4 Å². The van der Waals surface area contributed by atoms with Crippen LogP contribution in [-0.4, -0.2) is 89.8 Å². The molecule has 0 bridgehead atoms. The number of amides is 3. The van der Waals surface area contributed by atoms with Crippen LogP contribution in [0.3, 0.4) is 0 Å². The van der Waals surface area contributed by atoms with Crippen LogP contribution in [0.25, 0.3) is 0 Å². The van der Waals surface area contributed by atoms with Crippen LogP contribution in [-0.2, 0) is 19.2 Å². The predicted molar refractivity (Wildman–Crippen MR) is 131 cm³/mol. The van der Waals surface area contributed by atoms with E-state index in [9.17, 15) is 24.3 Å². The molecule has 4 atom stereocenters. The molecule has 1 aliphatic rings. The van der Waals surface area contributed by atoms with Gasteiger partial charge in [0.25, 0.3) is 0 Å². The molecule has 0 radical (unpaired) electrons. The Balaban J connectivity index is 2.80. The van der Waals surface area contributed by atoms with Gasteiger partial charge < -0.3 is 37.8 Å². The van der Waals surface area contributed by atoms with E-state index in [1.165, 1.54) is 11.8 Å². The summed E-state index contributed by atoms with van der Waals surface area (Å²) in [5.74, 6) is -2.26. The maximum Gasteiger partial charge on any atom is 0.326 e. The molecule has 1 saturated heterocycles. The Bertz CT molecular complexity index is 700. The van der Waals surface area contributed by atoms with E-state index in [4.69, 9.17) is 11.5 Å². The third-order valence-electron chi connectivity index (χ3n) is 5.00. The molecule has 1 heterocycles. The number of carbonyl (C=O) groups is 4. The Morgan fingerprint density at radius 3 is 2.33 bits per heavy atom. The Labute approximate surface area is 203 Å². The number of hydrogen-bond donors (Lipinski definition) is 8. The molecule has 1 rings (SSSR count). The lowest BCUT2D eigenvalue weighted by Crippen LogP contribution is -2.57. The fourth-order valence-electron chi connectivity index (χ4n) is 3.18. The van der Waals surface area contributed by atoms with Crippen molar-refractivity contribution in [3.05, 3.63) is 0 Å². The van der Waals surface area contributed by atoms with Crippen molar-refractivity contribution in [1.29, 1.82) is 0 Å². The third-order valence-corrected chi connectivity index (χ3v) is 6.00. The second kappa shape index (κ2) is 15.6. The lowest BCUT2D eigenvalue weighted by molar-refractivity contribution is -0.142. The van der Waals surface area contributed by atoms with Crippen molar-refractivity contribution in [3.8, 4) is 0 Å². The van der Waals surface area contributed by atoms with Gasteiger partial charge in [0.15, 0.2) is 5.96 Å². The maximum absolute atomic E-state index is 12.9. The van der Waals surface area contributed by atoms with Gasteiger partial charge in [0.1, 0.15) is 18.1 Å². The molecule has 3 amide bonds. The number of thiol groups is 1. The van der Waals surface area contributed by atoms with Crippen molar-refractivity contribution in [2.24, 2.45) is 16.5 Å². The van der Waals surface area contributed by atoms with Crippen molar-refractivity contribution in [2.75, 3.05) is 30.9 Å². The number of carbonyl (C=O) groups excluding carboxylic acids is 3. The van der Waals surface area contributed by atoms with Gasteiger partial charge in [-0.15, -0.1) is 0 Å². The van der Waals surface area contributed by atoms with Crippen LogP contribution in [0.5, 0.6) is 0 Å². The standard InChI is InChI=1S/C19H35N7O5S2/c1-33-9-6-13(18(30)31)25-17(29)14(10-32)26-16(28)12(5-3-8-23-19(20)21)24-15(27)11-4-2-7-22-11/h11-14,22,32H,2-10H2,1H3,(H,24,27)(H,25,29)(H,26,28)(H,30,31)(H4,20,21,23). The Kier molecular flexibility index (Phi) is 13.6. The molecule has 0 aromatic rings. The average Bonchev–Trinajstić information content (AvgIpc) is 3.31. The van der Waals surface area contributed by atoms with Crippen molar-refractivity contribution in [2.45, 2.75) is 56.3 Å². The number of nitrogens with two attached hydrogens (primary N) is 2. The molecule has 9 N–H and O–H groups in total. The Morgan fingerprint density at radius 2 is 1.79 bits per heavy atom. The number of carboxylic acid groups (broad SMARTS) is 1. The molecule has 0 aromatic carbocycles. The smallest absolute Gasteiger partial charge is 0.326 e. The van der Waals surface area contributed by atoms with Gasteiger partial charge in [-0.05, 0) is 50.7 Å². The van der Waals surface area contributed by atoms with Crippen LogP contribution < -0.4 is 32.7 Å². The first kappa shape index (κ1) is 28.8. The van der Waals surface area contributed by atoms with Gasteiger partial charge in [0.05, 0.1) is 6.04 Å². The lowest BCUT2D eigenvalue weighted by atomic mass is 10.1. The molecule has 14 heteroatoms. The van der Waals surface area contributed by atoms with E-state index >= 15 is 0 Å². The van der Waals surface area contributed by atoms with Crippen LogP contribution >= 0.6 is 24.4 Å². The Morgan fingerprint density at radius 1 is 1.12 bits per heavy atom. The minimum absolute atomic E-state index is 0.0503. The maximum atomic E-state index is 12.9. The van der Waals surface area contributed by atoms with Crippen molar-refractivity contribution in [1.82, 2.24) is 21.3 Å². The quantitative estimate of drug-likeness (QED) is 0.0537. The zero-order valence-corrected chi connectivity index (χ0v) is 20.4. The van der Waals surface area contributed by atoms with Crippen LogP contribution in [0.15, 0.2) is 4.99 Å². The summed E-state index contributed by atoms with van der Waals surface area (Å²) < 4.78 is 0. The van der Waals surface area contributed by atoms with Crippen molar-refractivity contribution < 1.29 is 24.3 Å². The number of nitrogens with one attached hydrogen (secondary N) is 4. The van der Waals surface area contributed by atoms with E-state index in [0.717, 1.165) is 13.0 Å². The number of guanidine groups is 1. The zero-order chi connectivity index (χ0) is 24.8. The minimum atomic E-state index is -1.16. The normalized spacial score (nSPS) is 17.9. The summed E-state index contributed by atoms with van der Waals surface area (Å²) in [6.45, 7) is 0.999. The summed E-state index contributed by atoms with van der Waals surface area (Å²) in [5.41, 5.74) is 10.6. The van der Waals surface area contributed by atoms with E-state index in [0.29, 0.717) is 18.6 Å². The van der Waals surface area contributed by atoms with Gasteiger partial charge in [-0.1, -0.05) is 0 Å². The SMILES string of the molecule is CSCCC(NC(=O)C(CS)NC(=O)C(CCCN=C(N)N)NC(=O)C1CCCN1)C(=O)O. The molecule has 1 aliphatic heterocycles. The van der Waals surface area contributed by atoms with Gasteiger partial charge >= 0.3 is 5.97 Å². The summed E-state index contributed by atoms with van der Waals surface area (Å²) in [4.78, 5) is 53.3. The van der Waals surface area contributed by atoms with Crippen LogP contribution in [0.1, 0.15) is 32.1 Å². The molecule has 0 aromatic heterocycles. The number of rotatable bonds is 15. The summed E-state index contributed by atoms with van der Waals surface area (Å²) >= 11 is 5.58. The van der Waals surface area contributed by atoms with E-state index in [1.54, 1.807) is 0 Å². The fourth-order valence-corrected chi connectivity index (χ4v) is 3.91.